The number of hydrogen-bond acceptors (Lipinski definition) is 6. The molecule has 3 aromatic rings. The second-order valence-electron chi connectivity index (χ2n) is 5.03. The number of pyridine rings is 1. The lowest BCUT2D eigenvalue weighted by Gasteiger charge is -2.09. The molecule has 3 rings (SSSR count). The van der Waals surface area contributed by atoms with Crippen LogP contribution in [0.25, 0.3) is 17.0 Å². The molecule has 3 heterocycles. The third kappa shape index (κ3) is 2.70. The average molecular weight is 312 g/mol. The van der Waals surface area contributed by atoms with Gasteiger partial charge < -0.3 is 4.74 Å². The van der Waals surface area contributed by atoms with Gasteiger partial charge in [-0.25, -0.2) is 4.98 Å². The Morgan fingerprint density at radius 2 is 2.26 bits per heavy atom. The fourth-order valence-electron chi connectivity index (χ4n) is 2.14. The van der Waals surface area contributed by atoms with Crippen LogP contribution in [0.2, 0.25) is 0 Å². The number of hydrogen-bond donors (Lipinski definition) is 0. The van der Waals surface area contributed by atoms with Gasteiger partial charge in [-0.3, -0.25) is 9.20 Å². The van der Waals surface area contributed by atoms with E-state index in [1.54, 1.807) is 12.3 Å². The lowest BCUT2D eigenvalue weighted by Crippen LogP contribution is -2.19. The van der Waals surface area contributed by atoms with Crippen molar-refractivity contribution in [3.8, 4) is 11.4 Å². The first-order valence-electron chi connectivity index (χ1n) is 7.16. The van der Waals surface area contributed by atoms with Gasteiger partial charge >= 0.3 is 0 Å². The van der Waals surface area contributed by atoms with Crippen LogP contribution in [0, 0.1) is 6.92 Å². The number of aromatic nitrogens is 6. The number of allylic oxidation sites excluding steroid dienone is 1. The van der Waals surface area contributed by atoms with Crippen molar-refractivity contribution in [3.05, 3.63) is 52.8 Å². The highest BCUT2D eigenvalue weighted by molar-refractivity contribution is 5.56. The van der Waals surface area contributed by atoms with Gasteiger partial charge in [-0.15, -0.1) is 5.10 Å². The van der Waals surface area contributed by atoms with Gasteiger partial charge in [-0.05, 0) is 29.0 Å². The zero-order valence-corrected chi connectivity index (χ0v) is 12.9. The van der Waals surface area contributed by atoms with Gasteiger partial charge in [0.05, 0.1) is 5.76 Å². The fraction of sp³-hybridized carbons (Fsp3) is 0.267. The van der Waals surface area contributed by atoms with Crippen LogP contribution in [-0.4, -0.2) is 29.6 Å². The number of nitrogens with zero attached hydrogens (tertiary/aromatic N) is 6. The van der Waals surface area contributed by atoms with Crippen molar-refractivity contribution in [2.75, 3.05) is 0 Å². The van der Waals surface area contributed by atoms with E-state index in [-0.39, 0.29) is 12.3 Å². The maximum atomic E-state index is 12.7. The van der Waals surface area contributed by atoms with Gasteiger partial charge in [0.2, 0.25) is 0 Å². The SMILES string of the molecule is C=C(CC)OCn1nnnc1-c1cnc2c(C)cccn2c1=O. The van der Waals surface area contributed by atoms with E-state index in [2.05, 4.69) is 27.1 Å². The molecule has 0 aliphatic carbocycles. The van der Waals surface area contributed by atoms with Gasteiger partial charge in [0.1, 0.15) is 11.2 Å². The van der Waals surface area contributed by atoms with E-state index in [1.165, 1.54) is 15.3 Å². The summed E-state index contributed by atoms with van der Waals surface area (Å²) in [6.45, 7) is 7.68. The fourth-order valence-corrected chi connectivity index (χ4v) is 2.14. The normalized spacial score (nSPS) is 10.9. The van der Waals surface area contributed by atoms with Crippen LogP contribution in [-0.2, 0) is 11.5 Å². The lowest BCUT2D eigenvalue weighted by atomic mass is 10.2. The summed E-state index contributed by atoms with van der Waals surface area (Å²) in [5.74, 6) is 0.928. The van der Waals surface area contributed by atoms with Crippen molar-refractivity contribution in [1.82, 2.24) is 29.6 Å². The summed E-state index contributed by atoms with van der Waals surface area (Å²) in [6.07, 6.45) is 3.85. The van der Waals surface area contributed by atoms with Crippen LogP contribution < -0.4 is 5.56 Å². The number of rotatable bonds is 5. The van der Waals surface area contributed by atoms with E-state index >= 15 is 0 Å². The highest BCUT2D eigenvalue weighted by Gasteiger charge is 2.15. The summed E-state index contributed by atoms with van der Waals surface area (Å²) in [7, 11) is 0. The predicted molar refractivity (Wildman–Crippen MR) is 83.5 cm³/mol. The van der Waals surface area contributed by atoms with Gasteiger partial charge in [-0.2, -0.15) is 4.68 Å². The highest BCUT2D eigenvalue weighted by atomic mass is 16.5. The largest absolute Gasteiger partial charge is 0.476 e. The average Bonchev–Trinajstić information content (AvgIpc) is 3.02. The molecule has 0 spiro atoms. The first kappa shape index (κ1) is 14.9. The molecule has 0 aliphatic rings. The minimum atomic E-state index is -0.232. The molecular formula is C15H16N6O2. The molecule has 0 aromatic carbocycles. The van der Waals surface area contributed by atoms with E-state index in [4.69, 9.17) is 4.74 Å². The monoisotopic (exact) mass is 312 g/mol. The highest BCUT2D eigenvalue weighted by Crippen LogP contribution is 2.13. The molecule has 0 amide bonds. The van der Waals surface area contributed by atoms with Crippen molar-refractivity contribution in [2.45, 2.75) is 27.0 Å². The Hall–Kier alpha value is -3.03. The van der Waals surface area contributed by atoms with Crippen LogP contribution >= 0.6 is 0 Å². The number of tetrazole rings is 1. The molecule has 0 atom stereocenters. The lowest BCUT2D eigenvalue weighted by molar-refractivity contribution is 0.129. The van der Waals surface area contributed by atoms with E-state index < -0.39 is 0 Å². The standard InChI is InChI=1S/C15H16N6O2/c1-4-11(3)23-9-21-14(17-18-19-21)12-8-16-13-10(2)6-5-7-20(13)15(12)22/h5-8H,3-4,9H2,1-2H3. The van der Waals surface area contributed by atoms with Crippen LogP contribution in [0.3, 0.4) is 0 Å². The van der Waals surface area contributed by atoms with Gasteiger partial charge in [0.25, 0.3) is 5.56 Å². The first-order valence-corrected chi connectivity index (χ1v) is 7.16. The molecule has 0 saturated heterocycles. The van der Waals surface area contributed by atoms with Crippen molar-refractivity contribution in [2.24, 2.45) is 0 Å². The van der Waals surface area contributed by atoms with E-state index in [9.17, 15) is 4.79 Å². The summed E-state index contributed by atoms with van der Waals surface area (Å²) in [4.78, 5) is 17.0. The Morgan fingerprint density at radius 3 is 3.04 bits per heavy atom. The summed E-state index contributed by atoms with van der Waals surface area (Å²) >= 11 is 0. The van der Waals surface area contributed by atoms with Crippen LogP contribution in [0.15, 0.2) is 41.7 Å². The van der Waals surface area contributed by atoms with Gasteiger partial charge in [0, 0.05) is 18.8 Å². The summed E-state index contributed by atoms with van der Waals surface area (Å²) < 4.78 is 8.33. The third-order valence-electron chi connectivity index (χ3n) is 3.49. The van der Waals surface area contributed by atoms with Crippen molar-refractivity contribution >= 4 is 5.65 Å². The minimum Gasteiger partial charge on any atom is -0.476 e. The molecule has 8 nitrogen and oxygen atoms in total. The van der Waals surface area contributed by atoms with Crippen LogP contribution in [0.4, 0.5) is 0 Å². The second-order valence-corrected chi connectivity index (χ2v) is 5.03. The quantitative estimate of drug-likeness (QED) is 0.664. The molecule has 0 fully saturated rings. The predicted octanol–water partition coefficient (Wildman–Crippen LogP) is 1.55. The summed E-state index contributed by atoms with van der Waals surface area (Å²) in [5, 5.41) is 11.4. The smallest absolute Gasteiger partial charge is 0.269 e. The molecule has 3 aromatic heterocycles. The van der Waals surface area contributed by atoms with E-state index in [1.807, 2.05) is 19.9 Å². The van der Waals surface area contributed by atoms with Crippen molar-refractivity contribution < 1.29 is 4.74 Å². The Balaban J connectivity index is 2.05. The molecule has 0 radical (unpaired) electrons. The molecule has 23 heavy (non-hydrogen) atoms. The molecular weight excluding hydrogens is 296 g/mol. The molecule has 8 heteroatoms. The maximum Gasteiger partial charge on any atom is 0.269 e. The summed E-state index contributed by atoms with van der Waals surface area (Å²) in [6, 6.07) is 3.70. The molecule has 0 N–H and O–H groups in total. The molecule has 0 unspecified atom stereocenters. The molecule has 118 valence electrons. The summed E-state index contributed by atoms with van der Waals surface area (Å²) in [5.41, 5.74) is 1.60. The first-order chi connectivity index (χ1) is 11.1. The Morgan fingerprint density at radius 1 is 1.43 bits per heavy atom. The van der Waals surface area contributed by atoms with Crippen molar-refractivity contribution in [3.63, 3.8) is 0 Å². The Bertz CT molecular complexity index is 927. The molecule has 0 aliphatic heterocycles. The van der Waals surface area contributed by atoms with E-state index in [0.717, 1.165) is 5.56 Å². The van der Waals surface area contributed by atoms with E-state index in [0.29, 0.717) is 29.2 Å². The number of fused-ring (bicyclic) bond motifs is 1. The number of aryl methyl sites for hydroxylation is 1. The topological polar surface area (TPSA) is 87.2 Å². The number of ether oxygens (including phenoxy) is 1. The zero-order chi connectivity index (χ0) is 16.4. The van der Waals surface area contributed by atoms with Crippen molar-refractivity contribution in [1.29, 1.82) is 0 Å². The Kier molecular flexibility index (Phi) is 3.88. The van der Waals surface area contributed by atoms with Gasteiger partial charge in [0.15, 0.2) is 12.6 Å². The minimum absolute atomic E-state index is 0.0883. The molecule has 0 bridgehead atoms. The van der Waals surface area contributed by atoms with Crippen LogP contribution in [0.5, 0.6) is 0 Å². The maximum absolute atomic E-state index is 12.7. The third-order valence-corrected chi connectivity index (χ3v) is 3.49. The Labute approximate surface area is 132 Å². The van der Waals surface area contributed by atoms with Crippen LogP contribution in [0.1, 0.15) is 18.9 Å². The zero-order valence-electron chi connectivity index (χ0n) is 12.9. The van der Waals surface area contributed by atoms with Gasteiger partial charge in [-0.1, -0.05) is 19.6 Å². The second kappa shape index (κ2) is 5.99. The molecule has 0 saturated carbocycles.